The molecule has 0 amide bonds. The largest absolute Gasteiger partial charge is 0.492 e. The van der Waals surface area contributed by atoms with Gasteiger partial charge in [-0.3, -0.25) is 9.97 Å². The van der Waals surface area contributed by atoms with Gasteiger partial charge in [-0.05, 0) is 42.8 Å². The van der Waals surface area contributed by atoms with E-state index in [9.17, 15) is 0 Å². The summed E-state index contributed by atoms with van der Waals surface area (Å²) < 4.78 is 5.51. The SMILES string of the molecule is CCNC(c1ccncc1)c1cncc(OCC)c1. The van der Waals surface area contributed by atoms with Gasteiger partial charge in [-0.15, -0.1) is 0 Å². The van der Waals surface area contributed by atoms with E-state index in [4.69, 9.17) is 4.74 Å². The molecule has 0 aromatic carbocycles. The summed E-state index contributed by atoms with van der Waals surface area (Å²) >= 11 is 0. The molecule has 1 N–H and O–H groups in total. The van der Waals surface area contributed by atoms with Crippen LogP contribution in [-0.4, -0.2) is 23.1 Å². The first-order valence-corrected chi connectivity index (χ1v) is 6.56. The van der Waals surface area contributed by atoms with Gasteiger partial charge in [0.25, 0.3) is 0 Å². The molecule has 0 fully saturated rings. The number of hydrogen-bond acceptors (Lipinski definition) is 4. The molecule has 0 bridgehead atoms. The van der Waals surface area contributed by atoms with Crippen molar-refractivity contribution in [3.8, 4) is 5.75 Å². The smallest absolute Gasteiger partial charge is 0.137 e. The highest BCUT2D eigenvalue weighted by molar-refractivity contribution is 5.33. The van der Waals surface area contributed by atoms with Crippen molar-refractivity contribution in [2.45, 2.75) is 19.9 Å². The Morgan fingerprint density at radius 2 is 1.89 bits per heavy atom. The number of nitrogens with zero attached hydrogens (tertiary/aromatic N) is 2. The van der Waals surface area contributed by atoms with E-state index in [0.717, 1.165) is 17.9 Å². The second kappa shape index (κ2) is 6.85. The van der Waals surface area contributed by atoms with Crippen LogP contribution >= 0.6 is 0 Å². The van der Waals surface area contributed by atoms with Gasteiger partial charge in [-0.2, -0.15) is 0 Å². The summed E-state index contributed by atoms with van der Waals surface area (Å²) in [6.07, 6.45) is 7.22. The maximum atomic E-state index is 5.51. The Morgan fingerprint density at radius 3 is 2.58 bits per heavy atom. The lowest BCUT2D eigenvalue weighted by Gasteiger charge is -2.19. The second-order valence-corrected chi connectivity index (χ2v) is 4.16. The average Bonchev–Trinajstić information content (AvgIpc) is 2.46. The molecule has 0 saturated carbocycles. The van der Waals surface area contributed by atoms with Gasteiger partial charge in [0.15, 0.2) is 0 Å². The summed E-state index contributed by atoms with van der Waals surface area (Å²) in [5.41, 5.74) is 2.27. The quantitative estimate of drug-likeness (QED) is 0.864. The van der Waals surface area contributed by atoms with Crippen LogP contribution in [0.15, 0.2) is 43.0 Å². The van der Waals surface area contributed by atoms with Crippen LogP contribution in [0.4, 0.5) is 0 Å². The zero-order valence-corrected chi connectivity index (χ0v) is 11.3. The van der Waals surface area contributed by atoms with Crippen molar-refractivity contribution in [1.29, 1.82) is 0 Å². The van der Waals surface area contributed by atoms with Gasteiger partial charge in [0.1, 0.15) is 5.75 Å². The molecule has 100 valence electrons. The van der Waals surface area contributed by atoms with Gasteiger partial charge in [0.2, 0.25) is 0 Å². The van der Waals surface area contributed by atoms with E-state index in [1.165, 1.54) is 5.56 Å². The number of hydrogen-bond donors (Lipinski definition) is 1. The summed E-state index contributed by atoms with van der Waals surface area (Å²) in [6.45, 7) is 5.59. The van der Waals surface area contributed by atoms with Crippen LogP contribution in [0.3, 0.4) is 0 Å². The monoisotopic (exact) mass is 257 g/mol. The topological polar surface area (TPSA) is 47.0 Å². The van der Waals surface area contributed by atoms with E-state index in [1.54, 1.807) is 18.6 Å². The molecule has 1 unspecified atom stereocenters. The molecular weight excluding hydrogens is 238 g/mol. The number of aromatic nitrogens is 2. The lowest BCUT2D eigenvalue weighted by atomic mass is 10.0. The Labute approximate surface area is 113 Å². The zero-order chi connectivity index (χ0) is 13.5. The molecule has 2 heterocycles. The van der Waals surface area contributed by atoms with Crippen LogP contribution < -0.4 is 10.1 Å². The Morgan fingerprint density at radius 1 is 1.11 bits per heavy atom. The second-order valence-electron chi connectivity index (χ2n) is 4.16. The van der Waals surface area contributed by atoms with Crippen molar-refractivity contribution in [3.05, 3.63) is 54.1 Å². The lowest BCUT2D eigenvalue weighted by Crippen LogP contribution is -2.22. The summed E-state index contributed by atoms with van der Waals surface area (Å²) in [6, 6.07) is 6.17. The number of ether oxygens (including phenoxy) is 1. The number of rotatable bonds is 6. The van der Waals surface area contributed by atoms with E-state index < -0.39 is 0 Å². The summed E-state index contributed by atoms with van der Waals surface area (Å²) in [4.78, 5) is 8.31. The molecule has 0 radical (unpaired) electrons. The minimum Gasteiger partial charge on any atom is -0.492 e. The minimum atomic E-state index is 0.112. The fourth-order valence-corrected chi connectivity index (χ4v) is 2.03. The number of pyridine rings is 2. The highest BCUT2D eigenvalue weighted by Gasteiger charge is 2.13. The van der Waals surface area contributed by atoms with E-state index in [-0.39, 0.29) is 6.04 Å². The molecule has 2 rings (SSSR count). The van der Waals surface area contributed by atoms with Crippen molar-refractivity contribution < 1.29 is 4.74 Å². The molecule has 4 heteroatoms. The fraction of sp³-hybridized carbons (Fsp3) is 0.333. The van der Waals surface area contributed by atoms with Crippen LogP contribution in [0.2, 0.25) is 0 Å². The van der Waals surface area contributed by atoms with Crippen molar-refractivity contribution in [1.82, 2.24) is 15.3 Å². The van der Waals surface area contributed by atoms with Crippen LogP contribution in [0.5, 0.6) is 5.75 Å². The number of nitrogens with one attached hydrogen (secondary N) is 1. The van der Waals surface area contributed by atoms with Gasteiger partial charge in [0, 0.05) is 18.6 Å². The third-order valence-corrected chi connectivity index (χ3v) is 2.83. The maximum absolute atomic E-state index is 5.51. The van der Waals surface area contributed by atoms with Crippen molar-refractivity contribution in [3.63, 3.8) is 0 Å². The van der Waals surface area contributed by atoms with Crippen molar-refractivity contribution in [2.24, 2.45) is 0 Å². The predicted molar refractivity (Wildman–Crippen MR) is 75.2 cm³/mol. The average molecular weight is 257 g/mol. The van der Waals surface area contributed by atoms with Crippen LogP contribution in [0.1, 0.15) is 31.0 Å². The Balaban J connectivity index is 2.31. The van der Waals surface area contributed by atoms with E-state index in [1.807, 2.05) is 31.3 Å². The Hall–Kier alpha value is -1.94. The molecule has 0 saturated heterocycles. The molecule has 4 nitrogen and oxygen atoms in total. The van der Waals surface area contributed by atoms with Crippen LogP contribution in [-0.2, 0) is 0 Å². The zero-order valence-electron chi connectivity index (χ0n) is 11.3. The fourth-order valence-electron chi connectivity index (χ4n) is 2.03. The van der Waals surface area contributed by atoms with Gasteiger partial charge < -0.3 is 10.1 Å². The van der Waals surface area contributed by atoms with Crippen LogP contribution in [0, 0.1) is 0 Å². The van der Waals surface area contributed by atoms with E-state index in [2.05, 4.69) is 22.2 Å². The van der Waals surface area contributed by atoms with Crippen LogP contribution in [0.25, 0.3) is 0 Å². The molecule has 19 heavy (non-hydrogen) atoms. The maximum Gasteiger partial charge on any atom is 0.137 e. The molecule has 0 spiro atoms. The molecule has 2 aromatic heterocycles. The summed E-state index contributed by atoms with van der Waals surface area (Å²) in [5.74, 6) is 0.803. The predicted octanol–water partition coefficient (Wildman–Crippen LogP) is 2.57. The summed E-state index contributed by atoms with van der Waals surface area (Å²) in [5, 5.41) is 3.46. The summed E-state index contributed by atoms with van der Waals surface area (Å²) in [7, 11) is 0. The van der Waals surface area contributed by atoms with Gasteiger partial charge in [-0.25, -0.2) is 0 Å². The molecule has 0 aliphatic heterocycles. The first-order valence-electron chi connectivity index (χ1n) is 6.56. The first-order chi connectivity index (χ1) is 9.35. The third kappa shape index (κ3) is 3.51. The van der Waals surface area contributed by atoms with E-state index >= 15 is 0 Å². The van der Waals surface area contributed by atoms with Crippen molar-refractivity contribution in [2.75, 3.05) is 13.2 Å². The highest BCUT2D eigenvalue weighted by atomic mass is 16.5. The molecule has 0 aliphatic rings. The van der Waals surface area contributed by atoms with Crippen molar-refractivity contribution >= 4 is 0 Å². The molecule has 2 aromatic rings. The van der Waals surface area contributed by atoms with Gasteiger partial charge in [0.05, 0.1) is 18.8 Å². The van der Waals surface area contributed by atoms with E-state index in [0.29, 0.717) is 6.61 Å². The highest BCUT2D eigenvalue weighted by Crippen LogP contribution is 2.23. The first kappa shape index (κ1) is 13.5. The Bertz CT molecular complexity index is 502. The Kier molecular flexibility index (Phi) is 4.86. The standard InChI is InChI=1S/C15H19N3O/c1-3-18-15(12-5-7-16-8-6-12)13-9-14(19-4-2)11-17-10-13/h5-11,15,18H,3-4H2,1-2H3. The lowest BCUT2D eigenvalue weighted by molar-refractivity contribution is 0.338. The van der Waals surface area contributed by atoms with Gasteiger partial charge in [-0.1, -0.05) is 6.92 Å². The normalized spacial score (nSPS) is 12.1. The molecular formula is C15H19N3O. The van der Waals surface area contributed by atoms with Gasteiger partial charge >= 0.3 is 0 Å². The third-order valence-electron chi connectivity index (χ3n) is 2.83. The minimum absolute atomic E-state index is 0.112. The molecule has 1 atom stereocenters. The molecule has 0 aliphatic carbocycles.